The predicted octanol–water partition coefficient (Wildman–Crippen LogP) is 4.04. The van der Waals surface area contributed by atoms with Crippen LogP contribution in [-0.2, 0) is 11.2 Å². The van der Waals surface area contributed by atoms with Crippen molar-refractivity contribution < 1.29 is 4.79 Å². The zero-order chi connectivity index (χ0) is 14.3. The van der Waals surface area contributed by atoms with Crippen LogP contribution in [0.25, 0.3) is 0 Å². The lowest BCUT2D eigenvalue weighted by atomic mass is 9.76. The molecule has 3 heteroatoms. The highest BCUT2D eigenvalue weighted by molar-refractivity contribution is 7.07. The lowest BCUT2D eigenvalue weighted by molar-refractivity contribution is -0.119. The first kappa shape index (κ1) is 16.4. The van der Waals surface area contributed by atoms with Crippen molar-refractivity contribution in [2.45, 2.75) is 52.9 Å². The van der Waals surface area contributed by atoms with Gasteiger partial charge in [-0.2, -0.15) is 11.3 Å². The number of aryl methyl sites for hydroxylation is 1. The van der Waals surface area contributed by atoms with E-state index in [-0.39, 0.29) is 5.41 Å². The van der Waals surface area contributed by atoms with Gasteiger partial charge in [-0.3, -0.25) is 4.79 Å². The van der Waals surface area contributed by atoms with Crippen LogP contribution < -0.4 is 5.73 Å². The van der Waals surface area contributed by atoms with Crippen LogP contribution >= 0.6 is 11.3 Å². The number of nitrogens with two attached hydrogens (primary N) is 1. The highest BCUT2D eigenvalue weighted by atomic mass is 32.1. The summed E-state index contributed by atoms with van der Waals surface area (Å²) in [7, 11) is 0. The average molecular weight is 281 g/mol. The first-order valence-corrected chi connectivity index (χ1v) is 8.10. The van der Waals surface area contributed by atoms with E-state index in [9.17, 15) is 4.79 Å². The fourth-order valence-corrected chi connectivity index (χ4v) is 3.09. The molecule has 1 heterocycles. The summed E-state index contributed by atoms with van der Waals surface area (Å²) in [5, 5.41) is 4.19. The summed E-state index contributed by atoms with van der Waals surface area (Å²) in [5.41, 5.74) is 7.20. The summed E-state index contributed by atoms with van der Waals surface area (Å²) < 4.78 is 0. The number of hydrogen-bond donors (Lipinski definition) is 1. The van der Waals surface area contributed by atoms with Gasteiger partial charge in [-0.25, -0.2) is 0 Å². The number of Topliss-reactive ketones (excluding diaryl/α,β-unsaturated/α-hetero) is 1. The van der Waals surface area contributed by atoms with Crippen molar-refractivity contribution >= 4 is 17.1 Å². The minimum Gasteiger partial charge on any atom is -0.330 e. The molecular weight excluding hydrogens is 254 g/mol. The average Bonchev–Trinajstić information content (AvgIpc) is 2.83. The van der Waals surface area contributed by atoms with E-state index in [4.69, 9.17) is 5.73 Å². The molecular formula is C16H27NOS. The van der Waals surface area contributed by atoms with Gasteiger partial charge in [0.1, 0.15) is 5.78 Å². The Bertz CT molecular complexity index is 365. The standard InChI is InChI=1S/C16H27NOS/c1-16(2,3)14(8-10-17)5-7-15(18)6-4-13-9-11-19-12-13/h9,11-12,14H,4-8,10,17H2,1-3H3. The maximum atomic E-state index is 11.9. The molecule has 1 aromatic heterocycles. The number of ketones is 1. The van der Waals surface area contributed by atoms with E-state index >= 15 is 0 Å². The van der Waals surface area contributed by atoms with E-state index < -0.39 is 0 Å². The molecule has 108 valence electrons. The first-order chi connectivity index (χ1) is 8.93. The second-order valence-electron chi connectivity index (χ2n) is 6.35. The van der Waals surface area contributed by atoms with Crippen LogP contribution in [0.1, 0.15) is 52.0 Å². The molecule has 1 rings (SSSR count). The maximum absolute atomic E-state index is 11.9. The van der Waals surface area contributed by atoms with Crippen molar-refractivity contribution in [3.05, 3.63) is 22.4 Å². The topological polar surface area (TPSA) is 43.1 Å². The van der Waals surface area contributed by atoms with Gasteiger partial charge in [0.15, 0.2) is 0 Å². The molecule has 1 atom stereocenters. The van der Waals surface area contributed by atoms with Crippen molar-refractivity contribution in [3.63, 3.8) is 0 Å². The van der Waals surface area contributed by atoms with Crippen LogP contribution in [-0.4, -0.2) is 12.3 Å². The molecule has 1 aromatic rings. The molecule has 2 nitrogen and oxygen atoms in total. The maximum Gasteiger partial charge on any atom is 0.133 e. The molecule has 0 radical (unpaired) electrons. The van der Waals surface area contributed by atoms with Crippen molar-refractivity contribution in [3.8, 4) is 0 Å². The fraction of sp³-hybridized carbons (Fsp3) is 0.688. The Balaban J connectivity index is 2.31. The Morgan fingerprint density at radius 3 is 2.58 bits per heavy atom. The largest absolute Gasteiger partial charge is 0.330 e. The van der Waals surface area contributed by atoms with Crippen LogP contribution in [0.5, 0.6) is 0 Å². The van der Waals surface area contributed by atoms with Crippen molar-refractivity contribution in [2.75, 3.05) is 6.54 Å². The normalized spacial score (nSPS) is 13.5. The minimum absolute atomic E-state index is 0.243. The van der Waals surface area contributed by atoms with E-state index in [0.29, 0.717) is 31.1 Å². The highest BCUT2D eigenvalue weighted by Crippen LogP contribution is 2.32. The smallest absolute Gasteiger partial charge is 0.133 e. The number of thiophene rings is 1. The molecule has 0 saturated carbocycles. The molecule has 0 saturated heterocycles. The van der Waals surface area contributed by atoms with Gasteiger partial charge in [0, 0.05) is 12.8 Å². The van der Waals surface area contributed by atoms with Crippen molar-refractivity contribution in [1.29, 1.82) is 0 Å². The number of carbonyl (C=O) groups excluding carboxylic acids is 1. The van der Waals surface area contributed by atoms with Crippen molar-refractivity contribution in [2.24, 2.45) is 17.1 Å². The first-order valence-electron chi connectivity index (χ1n) is 7.16. The molecule has 0 aromatic carbocycles. The molecule has 0 bridgehead atoms. The predicted molar refractivity (Wildman–Crippen MR) is 83.5 cm³/mol. The Morgan fingerprint density at radius 1 is 1.32 bits per heavy atom. The summed E-state index contributed by atoms with van der Waals surface area (Å²) in [4.78, 5) is 11.9. The summed E-state index contributed by atoms with van der Waals surface area (Å²) in [6, 6.07) is 2.10. The zero-order valence-electron chi connectivity index (χ0n) is 12.4. The van der Waals surface area contributed by atoms with E-state index in [0.717, 1.165) is 19.3 Å². The second kappa shape index (κ2) is 7.81. The van der Waals surface area contributed by atoms with Crippen LogP contribution in [0.2, 0.25) is 0 Å². The molecule has 0 aliphatic carbocycles. The summed E-state index contributed by atoms with van der Waals surface area (Å²) in [5.74, 6) is 0.931. The third-order valence-electron chi connectivity index (χ3n) is 3.78. The monoisotopic (exact) mass is 281 g/mol. The third-order valence-corrected chi connectivity index (χ3v) is 4.52. The molecule has 19 heavy (non-hydrogen) atoms. The Hall–Kier alpha value is -0.670. The summed E-state index contributed by atoms with van der Waals surface area (Å²) in [6.07, 6.45) is 4.26. The van der Waals surface area contributed by atoms with Gasteiger partial charge in [0.2, 0.25) is 0 Å². The number of hydrogen-bond acceptors (Lipinski definition) is 3. The Kier molecular flexibility index (Phi) is 6.73. The SMILES string of the molecule is CC(C)(C)C(CCN)CCC(=O)CCc1ccsc1. The Labute approximate surface area is 121 Å². The number of rotatable bonds is 8. The van der Waals surface area contributed by atoms with Gasteiger partial charge in [-0.1, -0.05) is 20.8 Å². The minimum atomic E-state index is 0.243. The van der Waals surface area contributed by atoms with Gasteiger partial charge in [-0.15, -0.1) is 0 Å². The van der Waals surface area contributed by atoms with Gasteiger partial charge in [-0.05, 0) is 59.5 Å². The molecule has 2 N–H and O–H groups in total. The van der Waals surface area contributed by atoms with Crippen LogP contribution in [0, 0.1) is 11.3 Å². The van der Waals surface area contributed by atoms with Gasteiger partial charge in [0.25, 0.3) is 0 Å². The number of carbonyl (C=O) groups is 1. The van der Waals surface area contributed by atoms with E-state index in [1.807, 2.05) is 0 Å². The summed E-state index contributed by atoms with van der Waals surface area (Å²) >= 11 is 1.69. The lowest BCUT2D eigenvalue weighted by Gasteiger charge is -2.30. The van der Waals surface area contributed by atoms with Gasteiger partial charge >= 0.3 is 0 Å². The van der Waals surface area contributed by atoms with E-state index in [1.165, 1.54) is 5.56 Å². The van der Waals surface area contributed by atoms with Crippen LogP contribution in [0.4, 0.5) is 0 Å². The summed E-state index contributed by atoms with van der Waals surface area (Å²) in [6.45, 7) is 7.43. The van der Waals surface area contributed by atoms with Gasteiger partial charge < -0.3 is 5.73 Å². The van der Waals surface area contributed by atoms with Crippen LogP contribution in [0.3, 0.4) is 0 Å². The fourth-order valence-electron chi connectivity index (χ4n) is 2.39. The Morgan fingerprint density at radius 2 is 2.05 bits per heavy atom. The van der Waals surface area contributed by atoms with E-state index in [1.54, 1.807) is 11.3 Å². The molecule has 0 fully saturated rings. The highest BCUT2D eigenvalue weighted by Gasteiger charge is 2.24. The van der Waals surface area contributed by atoms with E-state index in [2.05, 4.69) is 37.6 Å². The molecule has 0 aliphatic heterocycles. The van der Waals surface area contributed by atoms with Crippen LogP contribution in [0.15, 0.2) is 16.8 Å². The lowest BCUT2D eigenvalue weighted by Crippen LogP contribution is -2.24. The second-order valence-corrected chi connectivity index (χ2v) is 7.13. The molecule has 1 unspecified atom stereocenters. The molecule has 0 amide bonds. The molecule has 0 spiro atoms. The molecule has 0 aliphatic rings. The zero-order valence-corrected chi connectivity index (χ0v) is 13.3. The quantitative estimate of drug-likeness (QED) is 0.781. The van der Waals surface area contributed by atoms with Gasteiger partial charge in [0.05, 0.1) is 0 Å². The van der Waals surface area contributed by atoms with Crippen molar-refractivity contribution in [1.82, 2.24) is 0 Å². The third kappa shape index (κ3) is 6.35.